The van der Waals surface area contributed by atoms with E-state index in [1.807, 2.05) is 18.2 Å². The third-order valence-electron chi connectivity index (χ3n) is 3.12. The lowest BCUT2D eigenvalue weighted by Gasteiger charge is -2.09. The van der Waals surface area contributed by atoms with Crippen molar-refractivity contribution < 1.29 is 0 Å². The first-order valence-corrected chi connectivity index (χ1v) is 8.42. The standard InChI is InChI=1S/C16H13BrClNS/c1-10-6-11(8-12(17)7-10)13(18)9-16-19-14-4-2-3-5-15(14)20-16/h2-8,13H,9H2,1H3. The van der Waals surface area contributed by atoms with Crippen molar-refractivity contribution in [3.05, 3.63) is 63.1 Å². The minimum atomic E-state index is -0.0493. The molecule has 0 aliphatic rings. The van der Waals surface area contributed by atoms with Crippen LogP contribution in [0.25, 0.3) is 10.2 Å². The van der Waals surface area contributed by atoms with Crippen molar-refractivity contribution in [2.24, 2.45) is 0 Å². The fourth-order valence-electron chi connectivity index (χ4n) is 2.22. The molecule has 0 saturated heterocycles. The van der Waals surface area contributed by atoms with Gasteiger partial charge in [-0.15, -0.1) is 22.9 Å². The van der Waals surface area contributed by atoms with Crippen molar-refractivity contribution >= 4 is 49.1 Å². The predicted octanol–water partition coefficient (Wildman–Crippen LogP) is 5.89. The minimum absolute atomic E-state index is 0.0493. The zero-order valence-corrected chi connectivity index (χ0v) is 14.1. The van der Waals surface area contributed by atoms with Gasteiger partial charge < -0.3 is 0 Å². The van der Waals surface area contributed by atoms with Gasteiger partial charge in [0, 0.05) is 10.9 Å². The lowest BCUT2D eigenvalue weighted by Crippen LogP contribution is -1.96. The molecule has 2 aromatic carbocycles. The second-order valence-electron chi connectivity index (χ2n) is 4.81. The average Bonchev–Trinajstić information content (AvgIpc) is 2.79. The second-order valence-corrected chi connectivity index (χ2v) is 7.37. The molecule has 3 aromatic rings. The van der Waals surface area contributed by atoms with Crippen molar-refractivity contribution in [3.8, 4) is 0 Å². The van der Waals surface area contributed by atoms with Crippen LogP contribution in [0.4, 0.5) is 0 Å². The Bertz CT molecular complexity index is 700. The number of thiazole rings is 1. The maximum Gasteiger partial charge on any atom is 0.0956 e. The largest absolute Gasteiger partial charge is 0.241 e. The number of aromatic nitrogens is 1. The Labute approximate surface area is 135 Å². The van der Waals surface area contributed by atoms with Gasteiger partial charge in [-0.25, -0.2) is 4.98 Å². The maximum absolute atomic E-state index is 6.56. The Morgan fingerprint density at radius 2 is 2.05 bits per heavy atom. The number of rotatable bonds is 3. The molecular weight excluding hydrogens is 354 g/mol. The lowest BCUT2D eigenvalue weighted by atomic mass is 10.1. The molecule has 20 heavy (non-hydrogen) atoms. The summed E-state index contributed by atoms with van der Waals surface area (Å²) in [6.07, 6.45) is 0.761. The van der Waals surface area contributed by atoms with Crippen LogP contribution in [0.2, 0.25) is 0 Å². The van der Waals surface area contributed by atoms with Gasteiger partial charge in [-0.05, 0) is 42.3 Å². The summed E-state index contributed by atoms with van der Waals surface area (Å²) in [6.45, 7) is 2.08. The summed E-state index contributed by atoms with van der Waals surface area (Å²) < 4.78 is 2.29. The molecule has 0 amide bonds. The SMILES string of the molecule is Cc1cc(Br)cc(C(Cl)Cc2nc3ccccc3s2)c1. The van der Waals surface area contributed by atoms with Gasteiger partial charge >= 0.3 is 0 Å². The first-order chi connectivity index (χ1) is 9.61. The Balaban J connectivity index is 1.86. The summed E-state index contributed by atoms with van der Waals surface area (Å²) in [5, 5.41) is 1.04. The topological polar surface area (TPSA) is 12.9 Å². The first-order valence-electron chi connectivity index (χ1n) is 6.37. The highest BCUT2D eigenvalue weighted by Crippen LogP contribution is 2.31. The monoisotopic (exact) mass is 365 g/mol. The van der Waals surface area contributed by atoms with Crippen molar-refractivity contribution in [1.82, 2.24) is 4.98 Å². The summed E-state index contributed by atoms with van der Waals surface area (Å²) in [5.41, 5.74) is 3.41. The molecule has 0 aliphatic carbocycles. The quantitative estimate of drug-likeness (QED) is 0.527. The van der Waals surface area contributed by atoms with E-state index in [4.69, 9.17) is 11.6 Å². The van der Waals surface area contributed by atoms with Gasteiger partial charge in [0.25, 0.3) is 0 Å². The molecule has 0 saturated carbocycles. The highest BCUT2D eigenvalue weighted by Gasteiger charge is 2.13. The molecule has 0 spiro atoms. The van der Waals surface area contributed by atoms with Gasteiger partial charge in [-0.1, -0.05) is 34.1 Å². The van der Waals surface area contributed by atoms with Crippen LogP contribution in [0.3, 0.4) is 0 Å². The summed E-state index contributed by atoms with van der Waals surface area (Å²) in [7, 11) is 0. The number of benzene rings is 2. The number of nitrogens with zero attached hydrogens (tertiary/aromatic N) is 1. The molecular formula is C16H13BrClNS. The van der Waals surface area contributed by atoms with Crippen LogP contribution in [-0.2, 0) is 6.42 Å². The maximum atomic E-state index is 6.56. The van der Waals surface area contributed by atoms with Gasteiger partial charge in [0.1, 0.15) is 0 Å². The number of aryl methyl sites for hydroxylation is 1. The molecule has 1 aromatic heterocycles. The molecule has 0 radical (unpaired) electrons. The second kappa shape index (κ2) is 5.84. The molecule has 0 fully saturated rings. The normalized spacial score (nSPS) is 12.8. The number of hydrogen-bond donors (Lipinski definition) is 0. The summed E-state index contributed by atoms with van der Waals surface area (Å²) in [6, 6.07) is 14.5. The van der Waals surface area contributed by atoms with Crippen molar-refractivity contribution in [3.63, 3.8) is 0 Å². The van der Waals surface area contributed by atoms with Crippen LogP contribution in [-0.4, -0.2) is 4.98 Å². The van der Waals surface area contributed by atoms with Crippen molar-refractivity contribution in [2.45, 2.75) is 18.7 Å². The molecule has 102 valence electrons. The third-order valence-corrected chi connectivity index (χ3v) is 5.04. The van der Waals surface area contributed by atoms with Gasteiger partial charge in [0.2, 0.25) is 0 Å². The summed E-state index contributed by atoms with van der Waals surface area (Å²) >= 11 is 11.8. The van der Waals surface area contributed by atoms with Gasteiger partial charge in [-0.3, -0.25) is 0 Å². The van der Waals surface area contributed by atoms with Crippen LogP contribution >= 0.6 is 38.9 Å². The minimum Gasteiger partial charge on any atom is -0.241 e. The van der Waals surface area contributed by atoms with E-state index in [2.05, 4.69) is 52.1 Å². The molecule has 1 unspecified atom stereocenters. The zero-order chi connectivity index (χ0) is 14.1. The number of hydrogen-bond acceptors (Lipinski definition) is 2. The van der Waals surface area contributed by atoms with Gasteiger partial charge in [-0.2, -0.15) is 0 Å². The van der Waals surface area contributed by atoms with E-state index >= 15 is 0 Å². The van der Waals surface area contributed by atoms with Crippen LogP contribution in [0.15, 0.2) is 46.9 Å². The van der Waals surface area contributed by atoms with Gasteiger partial charge in [0.05, 0.1) is 20.6 Å². The van der Waals surface area contributed by atoms with Crippen LogP contribution < -0.4 is 0 Å². The molecule has 0 bridgehead atoms. The number of alkyl halides is 1. The van der Waals surface area contributed by atoms with Crippen molar-refractivity contribution in [1.29, 1.82) is 0 Å². The number of para-hydroxylation sites is 1. The smallest absolute Gasteiger partial charge is 0.0956 e. The third kappa shape index (κ3) is 3.05. The summed E-state index contributed by atoms with van der Waals surface area (Å²) in [4.78, 5) is 4.65. The van der Waals surface area contributed by atoms with Crippen LogP contribution in [0.5, 0.6) is 0 Å². The van der Waals surface area contributed by atoms with E-state index in [-0.39, 0.29) is 5.38 Å². The highest BCUT2D eigenvalue weighted by atomic mass is 79.9. The van der Waals surface area contributed by atoms with E-state index in [0.29, 0.717) is 0 Å². The summed E-state index contributed by atoms with van der Waals surface area (Å²) in [5.74, 6) is 0. The first kappa shape index (κ1) is 14.1. The molecule has 3 rings (SSSR count). The van der Waals surface area contributed by atoms with E-state index in [9.17, 15) is 0 Å². The van der Waals surface area contributed by atoms with Crippen LogP contribution in [0, 0.1) is 6.92 Å². The van der Waals surface area contributed by atoms with Gasteiger partial charge in [0.15, 0.2) is 0 Å². The Morgan fingerprint density at radius 1 is 1.25 bits per heavy atom. The molecule has 0 aliphatic heterocycles. The highest BCUT2D eigenvalue weighted by molar-refractivity contribution is 9.10. The molecule has 4 heteroatoms. The van der Waals surface area contributed by atoms with Crippen LogP contribution in [0.1, 0.15) is 21.5 Å². The molecule has 1 heterocycles. The number of fused-ring (bicyclic) bond motifs is 1. The zero-order valence-electron chi connectivity index (χ0n) is 10.9. The van der Waals surface area contributed by atoms with E-state index in [0.717, 1.165) is 27.0 Å². The average molecular weight is 367 g/mol. The molecule has 1 atom stereocenters. The molecule has 1 nitrogen and oxygen atoms in total. The lowest BCUT2D eigenvalue weighted by molar-refractivity contribution is 0.908. The Hall–Kier alpha value is -0.900. The van der Waals surface area contributed by atoms with E-state index in [1.165, 1.54) is 10.3 Å². The molecule has 0 N–H and O–H groups in total. The Kier molecular flexibility index (Phi) is 4.11. The fourth-order valence-corrected chi connectivity index (χ4v) is 4.23. The van der Waals surface area contributed by atoms with E-state index < -0.39 is 0 Å². The van der Waals surface area contributed by atoms with E-state index in [1.54, 1.807) is 11.3 Å². The number of halogens is 2. The fraction of sp³-hybridized carbons (Fsp3) is 0.188. The predicted molar refractivity (Wildman–Crippen MR) is 90.8 cm³/mol. The Morgan fingerprint density at radius 3 is 2.80 bits per heavy atom. The van der Waals surface area contributed by atoms with Crippen molar-refractivity contribution in [2.75, 3.05) is 0 Å².